The lowest BCUT2D eigenvalue weighted by Gasteiger charge is -2.33. The predicted octanol–water partition coefficient (Wildman–Crippen LogP) is 26.7. The number of ether oxygens (including phenoxy) is 2. The highest BCUT2D eigenvalue weighted by molar-refractivity contribution is 6.30. The summed E-state index contributed by atoms with van der Waals surface area (Å²) in [5, 5.41) is 20.9. The Kier molecular flexibility index (Phi) is 81.5. The van der Waals surface area contributed by atoms with Gasteiger partial charge in [-0.15, -0.1) is 0 Å². The molecule has 0 bridgehead atoms. The van der Waals surface area contributed by atoms with E-state index in [1.54, 1.807) is 12.1 Å². The normalized spacial score (nSPS) is 14.0. The number of hydrogen-bond donors (Lipinski definition) is 6. The first-order valence-corrected chi connectivity index (χ1v) is 35.7. The van der Waals surface area contributed by atoms with Crippen LogP contribution in [0.4, 0.5) is 21.5 Å². The van der Waals surface area contributed by atoms with Crippen LogP contribution in [0.2, 0.25) is 5.02 Å². The Labute approximate surface area is 613 Å². The minimum Gasteiger partial charge on any atom is -0.383 e. The summed E-state index contributed by atoms with van der Waals surface area (Å²) in [4.78, 5) is 2.53. The molecule has 8 rings (SSSR count). The molecule has 576 valence electrons. The molecule has 4 aliphatic rings. The summed E-state index contributed by atoms with van der Waals surface area (Å²) in [5.74, 6) is -0.195. The number of nitrogens with zero attached hydrogens (tertiary/aromatic N) is 1. The molecular formula is C86H171ClFN7O2. The number of hydrogen-bond acceptors (Lipinski definition) is 9. The molecule has 4 saturated carbocycles. The molecule has 4 fully saturated rings. The molecule has 97 heavy (non-hydrogen) atoms. The average Bonchev–Trinajstić information content (AvgIpc) is 1.93. The van der Waals surface area contributed by atoms with Crippen molar-refractivity contribution in [1.29, 1.82) is 0 Å². The molecule has 0 aliphatic heterocycles. The molecule has 0 atom stereocenters. The van der Waals surface area contributed by atoms with Crippen LogP contribution in [0, 0.1) is 5.82 Å². The molecule has 4 aromatic carbocycles. The molecule has 6 N–H and O–H groups in total. The van der Waals surface area contributed by atoms with Crippen molar-refractivity contribution in [2.45, 2.75) is 405 Å². The SMILES string of the molecule is C.C.C.C.C.C.C.C.CC(C)N(C)C1CCCCC1.CC(C)NC(C)C.CC(C)NC1CCCC1.CC(C)NC1CCCCC1.CC(C)Nc1ccc(Cl)cc1.CC(C)Nc1ccc(F)cc1.CC(C)Nc1ccccc1.CC(C)OC1CCCC1.CC(C)OCc1ccccc1. The van der Waals surface area contributed by atoms with Crippen LogP contribution in [-0.2, 0) is 16.1 Å². The fraction of sp³-hybridized carbons (Fsp3) is 0.721. The van der Waals surface area contributed by atoms with E-state index in [2.05, 4.69) is 179 Å². The third kappa shape index (κ3) is 70.5. The van der Waals surface area contributed by atoms with Gasteiger partial charge in [-0.1, -0.05) is 239 Å². The maximum absolute atomic E-state index is 12.4. The first-order valence-electron chi connectivity index (χ1n) is 35.3. The fourth-order valence-corrected chi connectivity index (χ4v) is 10.9. The van der Waals surface area contributed by atoms with Crippen LogP contribution in [0.15, 0.2) is 109 Å². The van der Waals surface area contributed by atoms with Crippen LogP contribution < -0.4 is 31.9 Å². The highest BCUT2D eigenvalue weighted by atomic mass is 35.5. The van der Waals surface area contributed by atoms with Gasteiger partial charge in [0, 0.05) is 88.5 Å². The predicted molar refractivity (Wildman–Crippen MR) is 448 cm³/mol. The second kappa shape index (κ2) is 70.7. The van der Waals surface area contributed by atoms with Gasteiger partial charge in [-0.05, 0) is 208 Å². The zero-order chi connectivity index (χ0) is 66.9. The topological polar surface area (TPSA) is 93.9 Å². The van der Waals surface area contributed by atoms with Crippen LogP contribution in [0.3, 0.4) is 0 Å². The molecule has 4 aromatic rings. The molecule has 0 amide bonds. The Morgan fingerprint density at radius 3 is 1.04 bits per heavy atom. The van der Waals surface area contributed by atoms with Gasteiger partial charge in [0.1, 0.15) is 5.82 Å². The molecule has 0 aromatic heterocycles. The lowest BCUT2D eigenvalue weighted by molar-refractivity contribution is 0.0126. The fourth-order valence-electron chi connectivity index (χ4n) is 10.8. The Hall–Kier alpha value is -3.74. The molecule has 0 radical (unpaired) electrons. The van der Waals surface area contributed by atoms with E-state index in [0.29, 0.717) is 60.6 Å². The van der Waals surface area contributed by atoms with Crippen LogP contribution >= 0.6 is 11.6 Å². The molecule has 11 heteroatoms. The molecule has 0 saturated heterocycles. The quantitative estimate of drug-likeness (QED) is 0.0549. The summed E-state index contributed by atoms with van der Waals surface area (Å²) in [6.45, 7) is 43.7. The van der Waals surface area contributed by atoms with Gasteiger partial charge in [-0.3, -0.25) is 0 Å². The Morgan fingerprint density at radius 1 is 0.392 bits per heavy atom. The number of rotatable bonds is 19. The largest absolute Gasteiger partial charge is 0.383 e. The Bertz CT molecular complexity index is 2040. The zero-order valence-corrected chi connectivity index (χ0v) is 61.7. The minimum atomic E-state index is -0.195. The molecule has 0 heterocycles. The highest BCUT2D eigenvalue weighted by Crippen LogP contribution is 2.24. The number of nitrogens with one attached hydrogen (secondary N) is 6. The van der Waals surface area contributed by atoms with Gasteiger partial charge in [0.15, 0.2) is 0 Å². The number of anilines is 3. The van der Waals surface area contributed by atoms with Crippen LogP contribution in [0.25, 0.3) is 0 Å². The Balaban J connectivity index is -0.000000127. The maximum atomic E-state index is 12.4. The molecular weight excluding hydrogens is 1220 g/mol. The first kappa shape index (κ1) is 112. The van der Waals surface area contributed by atoms with Crippen molar-refractivity contribution in [3.05, 3.63) is 126 Å². The number of benzene rings is 4. The van der Waals surface area contributed by atoms with E-state index >= 15 is 0 Å². The minimum absolute atomic E-state index is 0. The number of halogens is 2. The van der Waals surface area contributed by atoms with Crippen molar-refractivity contribution in [2.75, 3.05) is 23.0 Å². The summed E-state index contributed by atoms with van der Waals surface area (Å²) >= 11 is 5.72. The third-order valence-corrected chi connectivity index (χ3v) is 15.0. The zero-order valence-electron chi connectivity index (χ0n) is 60.9. The van der Waals surface area contributed by atoms with Gasteiger partial charge in [0.25, 0.3) is 0 Å². The summed E-state index contributed by atoms with van der Waals surface area (Å²) < 4.78 is 23.4. The lowest BCUT2D eigenvalue weighted by Crippen LogP contribution is -2.38. The summed E-state index contributed by atoms with van der Waals surface area (Å²) in [7, 11) is 2.26. The number of para-hydroxylation sites is 1. The van der Waals surface area contributed by atoms with Crippen molar-refractivity contribution < 1.29 is 13.9 Å². The highest BCUT2D eigenvalue weighted by Gasteiger charge is 2.20. The van der Waals surface area contributed by atoms with Gasteiger partial charge in [0.2, 0.25) is 0 Å². The molecule has 9 nitrogen and oxygen atoms in total. The van der Waals surface area contributed by atoms with Crippen LogP contribution in [0.1, 0.15) is 319 Å². The van der Waals surface area contributed by atoms with E-state index in [0.717, 1.165) is 47.2 Å². The standard InChI is InChI=1S/C10H21N.C10H14O.C9H12ClN.C9H12FN.C9H19N.C9H13N.C8H17N.C8H16O.C6H15N.8CH4/c1-9(2)11(3)10-7-5-4-6-8-10;1-9(2)11-8-10-6-4-3-5-7-10;2*1-7(2)11-9-5-3-8(10)4-6-9;2*1-8(2)10-9-6-4-3-5-7-9;2*1-7(2)9-8-5-3-4-6-8;1-5(2)7-6(3)4;;;;;;;;/h9-10H,4-8H2,1-3H3;3-7,9H,8H2,1-2H3;2*3-7,11H,1-2H3;8-10H,3-7H2,1-2H3;3-8,10H,1-2H3;7-9H,3-6H2,1-2H3;7-8H,3-6H2,1-2H3;5-7H,1-4H3;8*1H4. The lowest BCUT2D eigenvalue weighted by atomic mass is 9.94. The molecule has 4 aliphatic carbocycles. The van der Waals surface area contributed by atoms with Gasteiger partial charge in [0.05, 0.1) is 24.9 Å². The van der Waals surface area contributed by atoms with Crippen molar-refractivity contribution >= 4 is 28.7 Å². The van der Waals surface area contributed by atoms with E-state index in [9.17, 15) is 4.39 Å². The molecule has 0 spiro atoms. The first-order chi connectivity index (χ1) is 42.1. The third-order valence-electron chi connectivity index (χ3n) is 14.8. The van der Waals surface area contributed by atoms with E-state index in [1.165, 1.54) is 139 Å². The van der Waals surface area contributed by atoms with Crippen molar-refractivity contribution in [3.63, 3.8) is 0 Å². The van der Waals surface area contributed by atoms with Gasteiger partial charge < -0.3 is 46.3 Å². The van der Waals surface area contributed by atoms with Crippen molar-refractivity contribution in [1.82, 2.24) is 20.9 Å². The van der Waals surface area contributed by atoms with Gasteiger partial charge in [-0.2, -0.15) is 0 Å². The summed E-state index contributed by atoms with van der Waals surface area (Å²) in [5.41, 5.74) is 4.50. The van der Waals surface area contributed by atoms with E-state index in [1.807, 2.05) is 88.4 Å². The van der Waals surface area contributed by atoms with Gasteiger partial charge >= 0.3 is 0 Å². The van der Waals surface area contributed by atoms with E-state index in [-0.39, 0.29) is 65.2 Å². The van der Waals surface area contributed by atoms with Gasteiger partial charge in [-0.25, -0.2) is 4.39 Å². The summed E-state index contributed by atoms with van der Waals surface area (Å²) in [6.07, 6.45) is 26.7. The second-order valence-electron chi connectivity index (χ2n) is 27.7. The molecule has 0 unspecified atom stereocenters. The van der Waals surface area contributed by atoms with E-state index in [4.69, 9.17) is 21.1 Å². The second-order valence-corrected chi connectivity index (χ2v) is 28.1. The Morgan fingerprint density at radius 2 is 0.722 bits per heavy atom. The summed E-state index contributed by atoms with van der Waals surface area (Å²) in [6, 6.07) is 41.7. The monoisotopic (exact) mass is 1390 g/mol. The van der Waals surface area contributed by atoms with Crippen LogP contribution in [0.5, 0.6) is 0 Å². The average molecular weight is 1390 g/mol. The van der Waals surface area contributed by atoms with Crippen molar-refractivity contribution in [3.8, 4) is 0 Å². The van der Waals surface area contributed by atoms with E-state index < -0.39 is 0 Å². The smallest absolute Gasteiger partial charge is 0.123 e. The van der Waals surface area contributed by atoms with Crippen LogP contribution in [-0.4, -0.2) is 96.7 Å². The van der Waals surface area contributed by atoms with Crippen molar-refractivity contribution in [2.24, 2.45) is 0 Å². The maximum Gasteiger partial charge on any atom is 0.123 e.